The van der Waals surface area contributed by atoms with Gasteiger partial charge in [-0.2, -0.15) is 0 Å². The van der Waals surface area contributed by atoms with Crippen LogP contribution in [-0.4, -0.2) is 54.1 Å². The molecule has 1 aromatic carbocycles. The van der Waals surface area contributed by atoms with Crippen molar-refractivity contribution < 1.29 is 24.2 Å². The van der Waals surface area contributed by atoms with Crippen molar-refractivity contribution in [2.24, 2.45) is 0 Å². The molecule has 0 bridgehead atoms. The van der Waals surface area contributed by atoms with Crippen LogP contribution in [0.4, 0.5) is 0 Å². The van der Waals surface area contributed by atoms with Gasteiger partial charge in [-0.15, -0.1) is 0 Å². The molecule has 0 radical (unpaired) electrons. The van der Waals surface area contributed by atoms with E-state index in [2.05, 4.69) is 4.98 Å². The minimum absolute atomic E-state index is 0.0481. The van der Waals surface area contributed by atoms with Gasteiger partial charge in [-0.3, -0.25) is 14.6 Å². The summed E-state index contributed by atoms with van der Waals surface area (Å²) in [6.45, 7) is 4.54. The van der Waals surface area contributed by atoms with Crippen molar-refractivity contribution in [2.75, 3.05) is 27.4 Å². The summed E-state index contributed by atoms with van der Waals surface area (Å²) in [5, 5.41) is 11.3. The average Bonchev–Trinajstić information content (AvgIpc) is 2.98. The summed E-state index contributed by atoms with van der Waals surface area (Å²) in [6.07, 6.45) is 3.77. The number of nitrogens with zero attached hydrogens (tertiary/aromatic N) is 2. The summed E-state index contributed by atoms with van der Waals surface area (Å²) in [6, 6.07) is 6.45. The normalized spacial score (nSPS) is 18.1. The van der Waals surface area contributed by atoms with E-state index in [-0.39, 0.29) is 11.3 Å². The molecule has 2 aromatic rings. The van der Waals surface area contributed by atoms with Crippen LogP contribution in [0.3, 0.4) is 0 Å². The highest BCUT2D eigenvalue weighted by molar-refractivity contribution is 6.46. The van der Waals surface area contributed by atoms with Crippen molar-refractivity contribution in [3.05, 3.63) is 64.5 Å². The first kappa shape index (κ1) is 21.5. The van der Waals surface area contributed by atoms with Gasteiger partial charge in [0.15, 0.2) is 0 Å². The second-order valence-corrected chi connectivity index (χ2v) is 7.28. The number of likely N-dealkylation sites (tertiary alicyclic amines) is 1. The Labute approximate surface area is 175 Å². The van der Waals surface area contributed by atoms with Crippen LogP contribution in [-0.2, 0) is 14.3 Å². The number of hydrogen-bond donors (Lipinski definition) is 1. The number of methoxy groups -OCH3 is 2. The van der Waals surface area contributed by atoms with Gasteiger partial charge in [0, 0.05) is 32.7 Å². The minimum Gasteiger partial charge on any atom is -0.507 e. The quantitative estimate of drug-likeness (QED) is 0.326. The number of pyridine rings is 1. The SMILES string of the molecule is COCCCN1C(=O)C(=O)/C(=C(/O)c2cc(C)cc(C)c2OC)C1c1ccncc1. The molecule has 0 spiro atoms. The molecule has 3 rings (SSSR count). The largest absolute Gasteiger partial charge is 0.507 e. The minimum atomic E-state index is -0.715. The van der Waals surface area contributed by atoms with E-state index in [9.17, 15) is 14.7 Å². The third-order valence-corrected chi connectivity index (χ3v) is 5.19. The van der Waals surface area contributed by atoms with E-state index in [1.807, 2.05) is 19.9 Å². The Morgan fingerprint density at radius 3 is 2.50 bits per heavy atom. The molecule has 1 aliphatic rings. The molecule has 0 saturated carbocycles. The molecule has 1 N–H and O–H groups in total. The topological polar surface area (TPSA) is 89.0 Å². The summed E-state index contributed by atoms with van der Waals surface area (Å²) in [5.41, 5.74) is 2.88. The number of ether oxygens (including phenoxy) is 2. The molecule has 30 heavy (non-hydrogen) atoms. The van der Waals surface area contributed by atoms with Gasteiger partial charge in [0.05, 0.1) is 24.3 Å². The lowest BCUT2D eigenvalue weighted by Gasteiger charge is -2.25. The maximum Gasteiger partial charge on any atom is 0.295 e. The van der Waals surface area contributed by atoms with Crippen LogP contribution >= 0.6 is 0 Å². The molecule has 0 aliphatic carbocycles. The molecule has 7 heteroatoms. The molecule has 1 fully saturated rings. The molecule has 1 aromatic heterocycles. The molecule has 1 amide bonds. The van der Waals surface area contributed by atoms with Crippen LogP contribution in [0.2, 0.25) is 0 Å². The fourth-order valence-electron chi connectivity index (χ4n) is 3.93. The van der Waals surface area contributed by atoms with E-state index < -0.39 is 17.7 Å². The second kappa shape index (κ2) is 9.09. The van der Waals surface area contributed by atoms with E-state index in [0.717, 1.165) is 11.1 Å². The number of Topliss-reactive ketones (excluding diaryl/α,β-unsaturated/α-hetero) is 1. The molecule has 7 nitrogen and oxygen atoms in total. The zero-order valence-electron chi connectivity index (χ0n) is 17.6. The molecule has 1 atom stereocenters. The zero-order valence-corrected chi connectivity index (χ0v) is 17.6. The van der Waals surface area contributed by atoms with Gasteiger partial charge in [-0.05, 0) is 55.2 Å². The molecule has 1 aliphatic heterocycles. The number of aliphatic hydroxyl groups excluding tert-OH is 1. The monoisotopic (exact) mass is 410 g/mol. The molecular formula is C23H26N2O5. The van der Waals surface area contributed by atoms with Gasteiger partial charge in [0.2, 0.25) is 0 Å². The Bertz CT molecular complexity index is 985. The van der Waals surface area contributed by atoms with Gasteiger partial charge in [0.25, 0.3) is 11.7 Å². The predicted octanol–water partition coefficient (Wildman–Crippen LogP) is 3.17. The van der Waals surface area contributed by atoms with Crippen molar-refractivity contribution in [1.82, 2.24) is 9.88 Å². The van der Waals surface area contributed by atoms with E-state index >= 15 is 0 Å². The molecular weight excluding hydrogens is 384 g/mol. The van der Waals surface area contributed by atoms with E-state index in [1.54, 1.807) is 37.7 Å². The summed E-state index contributed by atoms with van der Waals surface area (Å²) in [5.74, 6) is -1.13. The fourth-order valence-corrected chi connectivity index (χ4v) is 3.93. The number of amides is 1. The highest BCUT2D eigenvalue weighted by Gasteiger charge is 2.46. The number of hydrogen-bond acceptors (Lipinski definition) is 6. The fraction of sp³-hybridized carbons (Fsp3) is 0.348. The van der Waals surface area contributed by atoms with Crippen LogP contribution in [0.25, 0.3) is 5.76 Å². The van der Waals surface area contributed by atoms with Crippen molar-refractivity contribution in [3.8, 4) is 5.75 Å². The first-order valence-electron chi connectivity index (χ1n) is 9.73. The van der Waals surface area contributed by atoms with Gasteiger partial charge in [0.1, 0.15) is 11.5 Å². The van der Waals surface area contributed by atoms with Crippen molar-refractivity contribution in [1.29, 1.82) is 0 Å². The van der Waals surface area contributed by atoms with Crippen molar-refractivity contribution in [2.45, 2.75) is 26.3 Å². The summed E-state index contributed by atoms with van der Waals surface area (Å²) >= 11 is 0. The first-order valence-corrected chi connectivity index (χ1v) is 9.73. The highest BCUT2D eigenvalue weighted by atomic mass is 16.5. The van der Waals surface area contributed by atoms with Crippen LogP contribution in [0.1, 0.15) is 34.7 Å². The third-order valence-electron chi connectivity index (χ3n) is 5.19. The van der Waals surface area contributed by atoms with Crippen LogP contribution < -0.4 is 4.74 Å². The smallest absolute Gasteiger partial charge is 0.295 e. The van der Waals surface area contributed by atoms with Gasteiger partial charge in [-0.25, -0.2) is 0 Å². The predicted molar refractivity (Wildman–Crippen MR) is 112 cm³/mol. The highest BCUT2D eigenvalue weighted by Crippen LogP contribution is 2.41. The number of aryl methyl sites for hydroxylation is 2. The summed E-state index contributed by atoms with van der Waals surface area (Å²) in [4.78, 5) is 31.4. The summed E-state index contributed by atoms with van der Waals surface area (Å²) < 4.78 is 10.6. The molecule has 2 heterocycles. The number of carbonyl (C=O) groups is 2. The zero-order chi connectivity index (χ0) is 21.8. The maximum absolute atomic E-state index is 13.0. The van der Waals surface area contributed by atoms with Crippen molar-refractivity contribution in [3.63, 3.8) is 0 Å². The Morgan fingerprint density at radius 1 is 1.17 bits per heavy atom. The number of aromatic nitrogens is 1. The lowest BCUT2D eigenvalue weighted by molar-refractivity contribution is -0.140. The van der Waals surface area contributed by atoms with E-state index in [4.69, 9.17) is 9.47 Å². The Kier molecular flexibility index (Phi) is 6.52. The van der Waals surface area contributed by atoms with E-state index in [0.29, 0.717) is 36.4 Å². The number of ketones is 1. The number of carbonyl (C=O) groups excluding carboxylic acids is 2. The van der Waals surface area contributed by atoms with Crippen molar-refractivity contribution >= 4 is 17.4 Å². The van der Waals surface area contributed by atoms with E-state index in [1.165, 1.54) is 12.0 Å². The van der Waals surface area contributed by atoms with Gasteiger partial charge in [-0.1, -0.05) is 6.07 Å². The third kappa shape index (κ3) is 3.93. The lowest BCUT2D eigenvalue weighted by atomic mass is 9.94. The Balaban J connectivity index is 2.20. The molecule has 158 valence electrons. The molecule has 1 saturated heterocycles. The van der Waals surface area contributed by atoms with Crippen LogP contribution in [0, 0.1) is 13.8 Å². The average molecular weight is 410 g/mol. The Morgan fingerprint density at radius 2 is 1.87 bits per heavy atom. The maximum atomic E-state index is 13.0. The number of aliphatic hydroxyl groups is 1. The lowest BCUT2D eigenvalue weighted by Crippen LogP contribution is -2.31. The Hall–Kier alpha value is -3.19. The summed E-state index contributed by atoms with van der Waals surface area (Å²) in [7, 11) is 3.10. The first-order chi connectivity index (χ1) is 14.4. The van der Waals surface area contributed by atoms with Crippen LogP contribution in [0.5, 0.6) is 5.75 Å². The van der Waals surface area contributed by atoms with Crippen LogP contribution in [0.15, 0.2) is 42.2 Å². The second-order valence-electron chi connectivity index (χ2n) is 7.28. The van der Waals surface area contributed by atoms with Gasteiger partial charge >= 0.3 is 0 Å². The molecule has 1 unspecified atom stereocenters. The number of benzene rings is 1. The van der Waals surface area contributed by atoms with Gasteiger partial charge < -0.3 is 19.5 Å². The standard InChI is InChI=1S/C23H26N2O5/c1-14-12-15(2)22(30-4)17(13-14)20(26)18-19(16-6-8-24-9-7-16)25(10-5-11-29-3)23(28)21(18)27/h6-9,12-13,19,26H,5,10-11H2,1-4H3/b20-18+. The number of rotatable bonds is 7.